The molecule has 0 N–H and O–H groups in total. The molecule has 0 unspecified atom stereocenters. The zero-order valence-corrected chi connectivity index (χ0v) is 6.50. The highest BCUT2D eigenvalue weighted by atomic mass is 19.1. The Morgan fingerprint density at radius 3 is 2.58 bits per heavy atom. The van der Waals surface area contributed by atoms with Crippen molar-refractivity contribution in [2.75, 3.05) is 6.61 Å². The van der Waals surface area contributed by atoms with Gasteiger partial charge >= 0.3 is 6.04 Å². The number of hydrogen-bond acceptors (Lipinski definition) is 2. The van der Waals surface area contributed by atoms with Gasteiger partial charge in [0.1, 0.15) is 6.61 Å². The van der Waals surface area contributed by atoms with Gasteiger partial charge in [-0.15, -0.1) is 0 Å². The van der Waals surface area contributed by atoms with E-state index in [2.05, 4.69) is 0 Å². The SMILES string of the molecule is O=C(F)COCc1ccccc1. The number of halogens is 1. The van der Waals surface area contributed by atoms with Crippen molar-refractivity contribution >= 4 is 6.04 Å². The second-order valence-corrected chi connectivity index (χ2v) is 2.33. The summed E-state index contributed by atoms with van der Waals surface area (Å²) in [6, 6.07) is 7.85. The molecule has 0 aliphatic heterocycles. The van der Waals surface area contributed by atoms with Crippen LogP contribution in [0.25, 0.3) is 0 Å². The maximum atomic E-state index is 11.6. The fourth-order valence-corrected chi connectivity index (χ4v) is 0.823. The molecular formula is C9H9FO2. The van der Waals surface area contributed by atoms with Gasteiger partial charge in [-0.3, -0.25) is 4.79 Å². The lowest BCUT2D eigenvalue weighted by Gasteiger charge is -1.99. The summed E-state index contributed by atoms with van der Waals surface area (Å²) in [6.07, 6.45) is 0. The summed E-state index contributed by atoms with van der Waals surface area (Å²) in [4.78, 5) is 9.84. The molecule has 3 heteroatoms. The van der Waals surface area contributed by atoms with Crippen LogP contribution in [0.3, 0.4) is 0 Å². The Balaban J connectivity index is 2.29. The lowest BCUT2D eigenvalue weighted by atomic mass is 10.2. The zero-order chi connectivity index (χ0) is 8.81. The van der Waals surface area contributed by atoms with Crippen molar-refractivity contribution in [3.05, 3.63) is 35.9 Å². The summed E-state index contributed by atoms with van der Waals surface area (Å²) in [7, 11) is 0. The predicted octanol–water partition coefficient (Wildman–Crippen LogP) is 1.70. The molecule has 1 aromatic carbocycles. The van der Waals surface area contributed by atoms with E-state index < -0.39 is 12.6 Å². The second-order valence-electron chi connectivity index (χ2n) is 2.33. The van der Waals surface area contributed by atoms with Gasteiger partial charge in [-0.1, -0.05) is 30.3 Å². The first kappa shape index (κ1) is 8.87. The van der Waals surface area contributed by atoms with E-state index in [1.165, 1.54) is 0 Å². The third-order valence-electron chi connectivity index (χ3n) is 1.33. The first-order valence-electron chi connectivity index (χ1n) is 3.59. The maximum Gasteiger partial charge on any atom is 0.326 e. The molecule has 0 radical (unpaired) electrons. The Kier molecular flexibility index (Phi) is 3.41. The molecule has 0 aliphatic carbocycles. The van der Waals surface area contributed by atoms with E-state index in [9.17, 15) is 9.18 Å². The average molecular weight is 168 g/mol. The Morgan fingerprint density at radius 1 is 1.33 bits per heavy atom. The van der Waals surface area contributed by atoms with Gasteiger partial charge in [-0.05, 0) is 5.56 Å². The minimum Gasteiger partial charge on any atom is -0.366 e. The van der Waals surface area contributed by atoms with Crippen LogP contribution in [-0.4, -0.2) is 12.6 Å². The van der Waals surface area contributed by atoms with E-state index in [-0.39, 0.29) is 6.61 Å². The second kappa shape index (κ2) is 4.62. The number of hydrogen-bond donors (Lipinski definition) is 0. The van der Waals surface area contributed by atoms with Crippen LogP contribution in [0.2, 0.25) is 0 Å². The fourth-order valence-electron chi connectivity index (χ4n) is 0.823. The van der Waals surface area contributed by atoms with Crippen LogP contribution >= 0.6 is 0 Å². The predicted molar refractivity (Wildman–Crippen MR) is 42.2 cm³/mol. The van der Waals surface area contributed by atoms with Gasteiger partial charge in [0.15, 0.2) is 0 Å². The minimum atomic E-state index is -1.44. The third kappa shape index (κ3) is 3.25. The van der Waals surface area contributed by atoms with E-state index in [1.807, 2.05) is 30.3 Å². The molecule has 0 saturated carbocycles. The molecule has 2 nitrogen and oxygen atoms in total. The highest BCUT2D eigenvalue weighted by molar-refractivity contribution is 5.69. The van der Waals surface area contributed by atoms with Crippen LogP contribution in [0, 0.1) is 0 Å². The van der Waals surface area contributed by atoms with Crippen molar-refractivity contribution in [1.82, 2.24) is 0 Å². The number of ether oxygens (including phenoxy) is 1. The first-order chi connectivity index (χ1) is 5.79. The van der Waals surface area contributed by atoms with Gasteiger partial charge in [0.05, 0.1) is 6.61 Å². The number of rotatable bonds is 4. The van der Waals surface area contributed by atoms with Gasteiger partial charge < -0.3 is 4.74 Å². The number of benzene rings is 1. The number of carbonyl (C=O) groups is 1. The molecule has 12 heavy (non-hydrogen) atoms. The summed E-state index contributed by atoms with van der Waals surface area (Å²) in [5.41, 5.74) is 0.929. The third-order valence-corrected chi connectivity index (χ3v) is 1.33. The molecule has 0 amide bonds. The Hall–Kier alpha value is -1.22. The van der Waals surface area contributed by atoms with E-state index in [1.54, 1.807) is 0 Å². The largest absolute Gasteiger partial charge is 0.366 e. The molecular weight excluding hydrogens is 159 g/mol. The maximum absolute atomic E-state index is 11.6. The molecule has 0 spiro atoms. The lowest BCUT2D eigenvalue weighted by molar-refractivity contribution is -0.134. The van der Waals surface area contributed by atoms with Crippen molar-refractivity contribution in [3.8, 4) is 0 Å². The molecule has 0 bridgehead atoms. The van der Waals surface area contributed by atoms with Crippen LogP contribution in [0.5, 0.6) is 0 Å². The van der Waals surface area contributed by atoms with Crippen LogP contribution in [0.15, 0.2) is 30.3 Å². The molecule has 0 fully saturated rings. The van der Waals surface area contributed by atoms with Crippen LogP contribution in [-0.2, 0) is 16.1 Å². The Labute approximate surface area is 70.0 Å². The Morgan fingerprint density at radius 2 is 2.00 bits per heavy atom. The molecule has 1 rings (SSSR count). The molecule has 1 aromatic rings. The normalized spacial score (nSPS) is 9.75. The van der Waals surface area contributed by atoms with Crippen molar-refractivity contribution in [3.63, 3.8) is 0 Å². The highest BCUT2D eigenvalue weighted by Gasteiger charge is 1.97. The standard InChI is InChI=1S/C9H9FO2/c10-9(11)7-12-6-8-4-2-1-3-5-8/h1-5H,6-7H2. The first-order valence-corrected chi connectivity index (χ1v) is 3.59. The number of carbonyl (C=O) groups excluding carboxylic acids is 1. The van der Waals surface area contributed by atoms with Gasteiger partial charge in [0.25, 0.3) is 0 Å². The molecule has 0 atom stereocenters. The summed E-state index contributed by atoms with van der Waals surface area (Å²) >= 11 is 0. The van der Waals surface area contributed by atoms with Gasteiger partial charge in [0, 0.05) is 0 Å². The van der Waals surface area contributed by atoms with Crippen LogP contribution < -0.4 is 0 Å². The van der Waals surface area contributed by atoms with Gasteiger partial charge in [-0.25, -0.2) is 0 Å². The van der Waals surface area contributed by atoms with Crippen LogP contribution in [0.4, 0.5) is 4.39 Å². The van der Waals surface area contributed by atoms with E-state index >= 15 is 0 Å². The average Bonchev–Trinajstić information content (AvgIpc) is 2.05. The quantitative estimate of drug-likeness (QED) is 0.639. The fraction of sp³-hybridized carbons (Fsp3) is 0.222. The summed E-state index contributed by atoms with van der Waals surface area (Å²) in [6.45, 7) is -0.189. The van der Waals surface area contributed by atoms with Gasteiger partial charge in [-0.2, -0.15) is 4.39 Å². The summed E-state index contributed by atoms with van der Waals surface area (Å²) < 4.78 is 16.4. The van der Waals surface area contributed by atoms with E-state index in [0.717, 1.165) is 5.56 Å². The Bertz CT molecular complexity index is 246. The smallest absolute Gasteiger partial charge is 0.326 e. The van der Waals surface area contributed by atoms with Crippen molar-refractivity contribution in [1.29, 1.82) is 0 Å². The minimum absolute atomic E-state index is 0.274. The molecule has 0 aromatic heterocycles. The molecule has 64 valence electrons. The van der Waals surface area contributed by atoms with E-state index in [0.29, 0.717) is 0 Å². The van der Waals surface area contributed by atoms with Crippen molar-refractivity contribution < 1.29 is 13.9 Å². The summed E-state index contributed by atoms with van der Waals surface area (Å²) in [5.74, 6) is 0. The van der Waals surface area contributed by atoms with Gasteiger partial charge in [0.2, 0.25) is 0 Å². The molecule has 0 saturated heterocycles. The van der Waals surface area contributed by atoms with Crippen LogP contribution in [0.1, 0.15) is 5.56 Å². The zero-order valence-electron chi connectivity index (χ0n) is 6.50. The summed E-state index contributed by atoms with van der Waals surface area (Å²) in [5, 5.41) is 0. The molecule has 0 aliphatic rings. The topological polar surface area (TPSA) is 26.3 Å². The van der Waals surface area contributed by atoms with Crippen molar-refractivity contribution in [2.24, 2.45) is 0 Å². The monoisotopic (exact) mass is 168 g/mol. The molecule has 0 heterocycles. The van der Waals surface area contributed by atoms with Crippen molar-refractivity contribution in [2.45, 2.75) is 6.61 Å². The highest BCUT2D eigenvalue weighted by Crippen LogP contribution is 1.99. The van der Waals surface area contributed by atoms with E-state index in [4.69, 9.17) is 4.74 Å². The lowest BCUT2D eigenvalue weighted by Crippen LogP contribution is -2.02.